The van der Waals surface area contributed by atoms with Crippen LogP contribution < -0.4 is 16.0 Å². The maximum absolute atomic E-state index is 11.1. The molecule has 4 N–H and O–H groups in total. The van der Waals surface area contributed by atoms with Gasteiger partial charge in [-0.2, -0.15) is 5.10 Å². The zero-order chi connectivity index (χ0) is 16.3. The van der Waals surface area contributed by atoms with Crippen molar-refractivity contribution in [3.05, 3.63) is 33.6 Å². The zero-order valence-corrected chi connectivity index (χ0v) is 11.7. The minimum Gasteiger partial charge on any atom is -0.504 e. The summed E-state index contributed by atoms with van der Waals surface area (Å²) in [4.78, 5) is 10.5. The molecule has 0 unspecified atom stereocenters. The van der Waals surface area contributed by atoms with Crippen molar-refractivity contribution in [1.82, 2.24) is 14.9 Å². The highest BCUT2D eigenvalue weighted by molar-refractivity contribution is 5.88. The van der Waals surface area contributed by atoms with Crippen LogP contribution in [0.2, 0.25) is 0 Å². The lowest BCUT2D eigenvalue weighted by Gasteiger charge is -2.06. The van der Waals surface area contributed by atoms with Crippen LogP contribution in [-0.4, -0.2) is 38.2 Å². The molecule has 22 heavy (non-hydrogen) atoms. The number of benzene rings is 1. The van der Waals surface area contributed by atoms with Crippen molar-refractivity contribution < 1.29 is 14.8 Å². The van der Waals surface area contributed by atoms with Crippen LogP contribution in [0.5, 0.6) is 11.5 Å². The maximum atomic E-state index is 11.1. The van der Waals surface area contributed by atoms with Crippen LogP contribution in [0.1, 0.15) is 11.4 Å². The van der Waals surface area contributed by atoms with E-state index in [-0.39, 0.29) is 23.0 Å². The van der Waals surface area contributed by atoms with Gasteiger partial charge in [0.1, 0.15) is 0 Å². The number of phenolic OH excluding ortho intramolecular Hbond substituents is 1. The van der Waals surface area contributed by atoms with Crippen molar-refractivity contribution in [3.63, 3.8) is 0 Å². The predicted octanol–water partition coefficient (Wildman–Crippen LogP) is 0.369. The molecule has 0 spiro atoms. The molecule has 0 fully saturated rings. The van der Waals surface area contributed by atoms with Crippen LogP contribution in [0.4, 0.5) is 11.6 Å². The van der Waals surface area contributed by atoms with Gasteiger partial charge in [-0.25, -0.2) is 10.1 Å². The standard InChI is InChI=1S/C11H13N7O4/c1-6-14-16-11(17(6)12)15-13-5-7-3-4-8(19)10(22-2)9(7)18(20)21/h3-5,19H,12H2,1-2H3,(H,15,16)/b13-5-. The van der Waals surface area contributed by atoms with Gasteiger partial charge >= 0.3 is 5.69 Å². The Morgan fingerprint density at radius 3 is 2.82 bits per heavy atom. The van der Waals surface area contributed by atoms with E-state index in [2.05, 4.69) is 20.7 Å². The number of nitro benzene ring substituents is 1. The van der Waals surface area contributed by atoms with E-state index in [1.165, 1.54) is 30.1 Å². The van der Waals surface area contributed by atoms with Crippen LogP contribution in [-0.2, 0) is 0 Å². The molecule has 1 aromatic carbocycles. The van der Waals surface area contributed by atoms with Crippen molar-refractivity contribution in [2.45, 2.75) is 6.92 Å². The molecule has 0 aliphatic rings. The number of hydrogen-bond donors (Lipinski definition) is 3. The SMILES string of the molecule is COc1c(O)ccc(/C=N\Nc2nnc(C)n2N)c1[N+](=O)[O-]. The normalized spacial score (nSPS) is 10.8. The molecular weight excluding hydrogens is 294 g/mol. The summed E-state index contributed by atoms with van der Waals surface area (Å²) in [6.07, 6.45) is 1.18. The molecule has 0 radical (unpaired) electrons. The second-order valence-electron chi connectivity index (χ2n) is 4.12. The number of hydrazone groups is 1. The van der Waals surface area contributed by atoms with E-state index < -0.39 is 10.6 Å². The Kier molecular flexibility index (Phi) is 4.06. The highest BCUT2D eigenvalue weighted by atomic mass is 16.6. The van der Waals surface area contributed by atoms with Gasteiger partial charge in [-0.15, -0.1) is 10.2 Å². The summed E-state index contributed by atoms with van der Waals surface area (Å²) in [5.74, 6) is 5.68. The van der Waals surface area contributed by atoms with Gasteiger partial charge in [-0.1, -0.05) is 0 Å². The van der Waals surface area contributed by atoms with Gasteiger partial charge in [0.15, 0.2) is 11.6 Å². The second-order valence-corrected chi connectivity index (χ2v) is 4.12. The van der Waals surface area contributed by atoms with Crippen LogP contribution >= 0.6 is 0 Å². The number of rotatable bonds is 5. The van der Waals surface area contributed by atoms with E-state index in [4.69, 9.17) is 10.6 Å². The third kappa shape index (κ3) is 2.72. The molecule has 2 rings (SSSR count). The molecule has 11 nitrogen and oxygen atoms in total. The van der Waals surface area contributed by atoms with Gasteiger partial charge in [0, 0.05) is 0 Å². The Balaban J connectivity index is 2.31. The molecule has 0 aliphatic carbocycles. The number of ether oxygens (including phenoxy) is 1. The molecule has 1 heterocycles. The minimum absolute atomic E-state index is 0.131. The number of aryl methyl sites for hydroxylation is 1. The van der Waals surface area contributed by atoms with Crippen molar-refractivity contribution in [1.29, 1.82) is 0 Å². The highest BCUT2D eigenvalue weighted by Gasteiger charge is 2.23. The van der Waals surface area contributed by atoms with Crippen LogP contribution in [0.3, 0.4) is 0 Å². The van der Waals surface area contributed by atoms with Crippen LogP contribution in [0.15, 0.2) is 17.2 Å². The topological polar surface area (TPSA) is 154 Å². The van der Waals surface area contributed by atoms with Gasteiger partial charge in [0.25, 0.3) is 5.95 Å². The Morgan fingerprint density at radius 2 is 2.27 bits per heavy atom. The second kappa shape index (κ2) is 5.95. The number of nitrogens with zero attached hydrogens (tertiary/aromatic N) is 5. The lowest BCUT2D eigenvalue weighted by atomic mass is 10.1. The summed E-state index contributed by atoms with van der Waals surface area (Å²) in [5, 5.41) is 32.0. The van der Waals surface area contributed by atoms with Crippen molar-refractivity contribution in [2.24, 2.45) is 5.10 Å². The number of nitro groups is 1. The van der Waals surface area contributed by atoms with Gasteiger partial charge in [0.2, 0.25) is 5.75 Å². The Bertz CT molecular complexity index is 740. The number of phenols is 1. The van der Waals surface area contributed by atoms with Gasteiger partial charge in [-0.3, -0.25) is 10.1 Å². The van der Waals surface area contributed by atoms with E-state index >= 15 is 0 Å². The van der Waals surface area contributed by atoms with Crippen LogP contribution in [0, 0.1) is 17.0 Å². The molecular formula is C11H13N7O4. The van der Waals surface area contributed by atoms with E-state index in [0.29, 0.717) is 5.82 Å². The number of hydrogen-bond acceptors (Lipinski definition) is 9. The molecule has 11 heteroatoms. The summed E-state index contributed by atoms with van der Waals surface area (Å²) < 4.78 is 6.01. The first-order chi connectivity index (χ1) is 10.5. The van der Waals surface area contributed by atoms with Crippen molar-refractivity contribution in [2.75, 3.05) is 18.4 Å². The molecule has 0 saturated carbocycles. The third-order valence-corrected chi connectivity index (χ3v) is 2.76. The van der Waals surface area contributed by atoms with E-state index in [1.807, 2.05) is 0 Å². The highest BCUT2D eigenvalue weighted by Crippen LogP contribution is 2.37. The Morgan fingerprint density at radius 1 is 1.55 bits per heavy atom. The van der Waals surface area contributed by atoms with Crippen molar-refractivity contribution in [3.8, 4) is 11.5 Å². The number of methoxy groups -OCH3 is 1. The monoisotopic (exact) mass is 307 g/mol. The Hall–Kier alpha value is -3.37. The minimum atomic E-state index is -0.671. The first-order valence-electron chi connectivity index (χ1n) is 5.96. The van der Waals surface area contributed by atoms with Crippen LogP contribution in [0.25, 0.3) is 0 Å². The number of nitrogens with two attached hydrogens (primary N) is 1. The fourth-order valence-electron chi connectivity index (χ4n) is 1.67. The maximum Gasteiger partial charge on any atom is 0.323 e. The molecule has 0 amide bonds. The molecule has 2 aromatic rings. The molecule has 0 saturated heterocycles. The van der Waals surface area contributed by atoms with Crippen molar-refractivity contribution >= 4 is 17.9 Å². The number of anilines is 1. The first-order valence-corrected chi connectivity index (χ1v) is 5.96. The lowest BCUT2D eigenvalue weighted by molar-refractivity contribution is -0.385. The summed E-state index contributed by atoms with van der Waals surface area (Å²) in [5.41, 5.74) is 2.24. The number of aromatic nitrogens is 3. The van der Waals surface area contributed by atoms with E-state index in [9.17, 15) is 15.2 Å². The average molecular weight is 307 g/mol. The zero-order valence-electron chi connectivity index (χ0n) is 11.7. The fraction of sp³-hybridized carbons (Fsp3) is 0.182. The Labute approximate surface area is 124 Å². The summed E-state index contributed by atoms with van der Waals surface area (Å²) in [7, 11) is 1.22. The largest absolute Gasteiger partial charge is 0.504 e. The summed E-state index contributed by atoms with van der Waals surface area (Å²) in [6, 6.07) is 2.60. The molecule has 1 aromatic heterocycles. The summed E-state index contributed by atoms with van der Waals surface area (Å²) >= 11 is 0. The number of nitrogens with one attached hydrogen (secondary N) is 1. The molecule has 0 aliphatic heterocycles. The number of nitrogen functional groups attached to an aromatic ring is 1. The lowest BCUT2D eigenvalue weighted by Crippen LogP contribution is -2.13. The molecule has 0 bridgehead atoms. The smallest absolute Gasteiger partial charge is 0.323 e. The average Bonchev–Trinajstić information content (AvgIpc) is 2.80. The van der Waals surface area contributed by atoms with E-state index in [1.54, 1.807) is 6.92 Å². The van der Waals surface area contributed by atoms with Gasteiger partial charge in [-0.05, 0) is 19.1 Å². The van der Waals surface area contributed by atoms with Gasteiger partial charge in [0.05, 0.1) is 23.8 Å². The predicted molar refractivity (Wildman–Crippen MR) is 77.4 cm³/mol. The van der Waals surface area contributed by atoms with E-state index in [0.717, 1.165) is 0 Å². The third-order valence-electron chi connectivity index (χ3n) is 2.76. The first kappa shape index (κ1) is 15.0. The summed E-state index contributed by atoms with van der Waals surface area (Å²) in [6.45, 7) is 1.65. The molecule has 0 atom stereocenters. The quantitative estimate of drug-likeness (QED) is 0.310. The molecule has 116 valence electrons. The van der Waals surface area contributed by atoms with Gasteiger partial charge < -0.3 is 15.7 Å². The number of aromatic hydroxyl groups is 1. The fourth-order valence-corrected chi connectivity index (χ4v) is 1.67.